The number of nitrogens with two attached hydrogens (primary N) is 1. The van der Waals surface area contributed by atoms with Crippen molar-refractivity contribution in [2.75, 3.05) is 25.4 Å². The van der Waals surface area contributed by atoms with Crippen LogP contribution in [0.15, 0.2) is 48.6 Å². The van der Waals surface area contributed by atoms with E-state index in [1.54, 1.807) is 0 Å². The van der Waals surface area contributed by atoms with Gasteiger partial charge in [0.05, 0.1) is 30.7 Å². The molecule has 1 unspecified atom stereocenters. The van der Waals surface area contributed by atoms with E-state index < -0.39 is 11.7 Å². The van der Waals surface area contributed by atoms with Crippen LogP contribution in [0, 0.1) is 17.2 Å². The summed E-state index contributed by atoms with van der Waals surface area (Å²) in [6.45, 7) is 18.7. The van der Waals surface area contributed by atoms with Crippen molar-refractivity contribution in [1.29, 1.82) is 5.26 Å². The third kappa shape index (κ3) is 14.6. The van der Waals surface area contributed by atoms with Crippen LogP contribution >= 0.6 is 0 Å². The Hall–Kier alpha value is -3.05. The van der Waals surface area contributed by atoms with E-state index in [1.165, 1.54) is 17.3 Å². The van der Waals surface area contributed by atoms with Crippen LogP contribution in [-0.4, -0.2) is 46.6 Å². The molecule has 0 aliphatic carbocycles. The minimum atomic E-state index is -0.903. The summed E-state index contributed by atoms with van der Waals surface area (Å²) in [5.74, 6) is -0.837. The summed E-state index contributed by atoms with van der Waals surface area (Å²) < 4.78 is 18.6. The Bertz CT molecular complexity index is 783. The van der Waals surface area contributed by atoms with Crippen molar-refractivity contribution in [3.8, 4) is 6.07 Å². The molecule has 2 heterocycles. The number of allylic oxidation sites excluding steroid dienone is 2. The number of nitrogen functional groups attached to an aromatic ring is 1. The van der Waals surface area contributed by atoms with Gasteiger partial charge in [-0.15, -0.1) is 0 Å². The van der Waals surface area contributed by atoms with E-state index in [4.69, 9.17) is 15.7 Å². The van der Waals surface area contributed by atoms with Crippen molar-refractivity contribution >= 4 is 11.9 Å². The highest BCUT2D eigenvalue weighted by atomic mass is 19.1. The van der Waals surface area contributed by atoms with Gasteiger partial charge in [-0.3, -0.25) is 4.79 Å². The molecule has 0 spiro atoms. The van der Waals surface area contributed by atoms with Gasteiger partial charge in [-0.25, -0.2) is 14.4 Å². The second-order valence-electron chi connectivity index (χ2n) is 6.79. The van der Waals surface area contributed by atoms with Gasteiger partial charge >= 0.3 is 0 Å². The van der Waals surface area contributed by atoms with Crippen LogP contribution in [0.2, 0.25) is 0 Å². The highest BCUT2D eigenvalue weighted by Gasteiger charge is 2.28. The van der Waals surface area contributed by atoms with Crippen LogP contribution in [0.1, 0.15) is 60.5 Å². The SMILES string of the molecule is C=C(F)C(=O)N1CCC(OCC(/C=C\C(C)C)=C/C)C1.CC.CC.N#Cc1cnc(N)nc1. The average molecular weight is 462 g/mol. The number of amides is 1. The topological polar surface area (TPSA) is 105 Å². The molecule has 7 nitrogen and oxygen atoms in total. The largest absolute Gasteiger partial charge is 0.372 e. The smallest absolute Gasteiger partial charge is 0.282 e. The summed E-state index contributed by atoms with van der Waals surface area (Å²) in [6, 6.07) is 1.87. The lowest BCUT2D eigenvalue weighted by Gasteiger charge is -2.15. The number of aromatic nitrogens is 2. The van der Waals surface area contributed by atoms with Gasteiger partial charge in [0.1, 0.15) is 6.07 Å². The number of nitriles is 1. The lowest BCUT2D eigenvalue weighted by atomic mass is 10.1. The number of carbonyl (C=O) groups is 1. The van der Waals surface area contributed by atoms with Crippen molar-refractivity contribution in [3.63, 3.8) is 0 Å². The first-order chi connectivity index (χ1) is 15.8. The van der Waals surface area contributed by atoms with Crippen LogP contribution in [0.3, 0.4) is 0 Å². The molecular weight excluding hydrogens is 421 g/mol. The number of carbonyl (C=O) groups excluding carboxylic acids is 1. The first kappa shape index (κ1) is 32.1. The predicted octanol–water partition coefficient (Wildman–Crippen LogP) is 5.23. The minimum Gasteiger partial charge on any atom is -0.372 e. The van der Waals surface area contributed by atoms with Gasteiger partial charge in [-0.1, -0.05) is 66.3 Å². The first-order valence-corrected chi connectivity index (χ1v) is 11.3. The van der Waals surface area contributed by atoms with Gasteiger partial charge in [0, 0.05) is 13.1 Å². The van der Waals surface area contributed by atoms with Crippen molar-refractivity contribution in [2.24, 2.45) is 5.92 Å². The Morgan fingerprint density at radius 2 is 1.94 bits per heavy atom. The quantitative estimate of drug-likeness (QED) is 0.459. The van der Waals surface area contributed by atoms with Gasteiger partial charge in [0.2, 0.25) is 5.95 Å². The fraction of sp³-hybridized carbons (Fsp3) is 0.520. The molecule has 184 valence electrons. The average Bonchev–Trinajstić information content (AvgIpc) is 3.31. The molecule has 33 heavy (non-hydrogen) atoms. The Morgan fingerprint density at radius 3 is 2.39 bits per heavy atom. The van der Waals surface area contributed by atoms with Gasteiger partial charge in [-0.2, -0.15) is 5.26 Å². The normalized spacial score (nSPS) is 14.8. The summed E-state index contributed by atoms with van der Waals surface area (Å²) in [6.07, 6.45) is 9.66. The lowest BCUT2D eigenvalue weighted by Crippen LogP contribution is -2.30. The third-order valence-corrected chi connectivity index (χ3v) is 4.02. The van der Waals surface area contributed by atoms with Gasteiger partial charge < -0.3 is 15.4 Å². The first-order valence-electron chi connectivity index (χ1n) is 11.3. The molecule has 2 N–H and O–H groups in total. The summed E-state index contributed by atoms with van der Waals surface area (Å²) in [4.78, 5) is 20.1. The number of rotatable bonds is 6. The van der Waals surface area contributed by atoms with Crippen LogP contribution in [-0.2, 0) is 9.53 Å². The van der Waals surface area contributed by atoms with Crippen LogP contribution < -0.4 is 5.73 Å². The number of halogens is 1. The molecule has 1 aliphatic heterocycles. The van der Waals surface area contributed by atoms with Crippen LogP contribution in [0.25, 0.3) is 0 Å². The highest BCUT2D eigenvalue weighted by Crippen LogP contribution is 2.16. The number of hydrogen-bond donors (Lipinski definition) is 1. The zero-order chi connectivity index (χ0) is 25.8. The van der Waals surface area contributed by atoms with E-state index in [2.05, 4.69) is 42.5 Å². The van der Waals surface area contributed by atoms with E-state index in [1.807, 2.05) is 46.8 Å². The molecular formula is C25H40FN5O2. The van der Waals surface area contributed by atoms with E-state index in [-0.39, 0.29) is 12.1 Å². The van der Waals surface area contributed by atoms with Crippen LogP contribution in [0.5, 0.6) is 0 Å². The number of nitrogens with zero attached hydrogens (tertiary/aromatic N) is 4. The van der Waals surface area contributed by atoms with E-state index in [0.29, 0.717) is 31.2 Å². The molecule has 1 atom stereocenters. The number of ether oxygens (including phenoxy) is 1. The third-order valence-electron chi connectivity index (χ3n) is 4.02. The van der Waals surface area contributed by atoms with E-state index in [0.717, 1.165) is 12.0 Å². The Kier molecular flexibility index (Phi) is 19.1. The van der Waals surface area contributed by atoms with Gasteiger partial charge in [0.25, 0.3) is 5.91 Å². The van der Waals surface area contributed by atoms with E-state index >= 15 is 0 Å². The molecule has 0 radical (unpaired) electrons. The molecule has 1 aromatic heterocycles. The predicted molar refractivity (Wildman–Crippen MR) is 133 cm³/mol. The zero-order valence-electron chi connectivity index (χ0n) is 21.1. The number of hydrogen-bond acceptors (Lipinski definition) is 6. The maximum absolute atomic E-state index is 12.8. The molecule has 2 rings (SSSR count). The number of anilines is 1. The van der Waals surface area contributed by atoms with Gasteiger partial charge in [0.15, 0.2) is 5.83 Å². The Morgan fingerprint density at radius 1 is 1.36 bits per heavy atom. The van der Waals surface area contributed by atoms with Crippen molar-refractivity contribution in [1.82, 2.24) is 14.9 Å². The Balaban J connectivity index is 0. The minimum absolute atomic E-state index is 0.0271. The molecule has 1 fully saturated rings. The molecule has 8 heteroatoms. The summed E-state index contributed by atoms with van der Waals surface area (Å²) in [5.41, 5.74) is 6.68. The lowest BCUT2D eigenvalue weighted by molar-refractivity contribution is -0.128. The van der Waals surface area contributed by atoms with Gasteiger partial charge in [-0.05, 0) is 24.8 Å². The number of likely N-dealkylation sites (tertiary alicyclic amines) is 1. The van der Waals surface area contributed by atoms with Crippen molar-refractivity contribution < 1.29 is 13.9 Å². The Labute approximate surface area is 198 Å². The van der Waals surface area contributed by atoms with Crippen molar-refractivity contribution in [3.05, 3.63) is 54.2 Å². The fourth-order valence-corrected chi connectivity index (χ4v) is 2.37. The molecule has 1 aliphatic rings. The van der Waals surface area contributed by atoms with Crippen LogP contribution in [0.4, 0.5) is 10.3 Å². The maximum Gasteiger partial charge on any atom is 0.282 e. The molecule has 0 bridgehead atoms. The van der Waals surface area contributed by atoms with Crippen molar-refractivity contribution in [2.45, 2.75) is 61.0 Å². The second-order valence-corrected chi connectivity index (χ2v) is 6.79. The zero-order valence-corrected chi connectivity index (χ0v) is 21.1. The second kappa shape index (κ2) is 19.6. The maximum atomic E-state index is 12.8. The summed E-state index contributed by atoms with van der Waals surface area (Å²) >= 11 is 0. The molecule has 0 saturated carbocycles. The summed E-state index contributed by atoms with van der Waals surface area (Å²) in [5, 5.41) is 8.26. The monoisotopic (exact) mass is 461 g/mol. The highest BCUT2D eigenvalue weighted by molar-refractivity contribution is 5.90. The summed E-state index contributed by atoms with van der Waals surface area (Å²) in [7, 11) is 0. The fourth-order valence-electron chi connectivity index (χ4n) is 2.37. The van der Waals surface area contributed by atoms with E-state index in [9.17, 15) is 9.18 Å². The molecule has 1 amide bonds. The molecule has 0 aromatic carbocycles. The molecule has 1 aromatic rings. The standard InChI is InChI=1S/C16H24FNO2.C5H4N4.2C2H6/c1-5-14(7-6-12(2)3)11-20-15-8-9-18(10-15)16(19)13(4)17;6-1-4-2-8-5(7)9-3-4;2*1-2/h5-7,12,15H,4,8-11H2,1-3H3;2-3H,(H2,7,8,9);2*1-2H3/b7-6-,14-5+;;;. The molecule has 1 saturated heterocycles.